The fraction of sp³-hybridized carbons (Fsp3) is 0.727. The average molecular weight is 302 g/mol. The molecule has 0 heteroatoms. The molecule has 0 fully saturated rings. The van der Waals surface area contributed by atoms with Gasteiger partial charge in [0.25, 0.3) is 0 Å². The first-order valence-corrected chi connectivity index (χ1v) is 9.84. The highest BCUT2D eigenvalue weighted by molar-refractivity contribution is 5.35. The van der Waals surface area contributed by atoms with Crippen LogP contribution in [0.4, 0.5) is 0 Å². The minimum Gasteiger partial charge on any atom is -0.0654 e. The highest BCUT2D eigenvalue weighted by Gasteiger charge is 2.08. The average Bonchev–Trinajstić information content (AvgIpc) is 2.53. The summed E-state index contributed by atoms with van der Waals surface area (Å²) >= 11 is 0. The van der Waals surface area contributed by atoms with Gasteiger partial charge in [0.05, 0.1) is 0 Å². The van der Waals surface area contributed by atoms with Gasteiger partial charge < -0.3 is 0 Å². The molecule has 1 radical (unpaired) electrons. The molecule has 0 aliphatic heterocycles. The van der Waals surface area contributed by atoms with E-state index in [9.17, 15) is 0 Å². The van der Waals surface area contributed by atoms with E-state index in [1.807, 2.05) is 0 Å². The first kappa shape index (κ1) is 19.3. The Hall–Kier alpha value is -0.780. The Bertz CT molecular complexity index is 378. The van der Waals surface area contributed by atoms with Crippen LogP contribution in [0.5, 0.6) is 0 Å². The van der Waals surface area contributed by atoms with Gasteiger partial charge in [-0.05, 0) is 54.9 Å². The third-order valence-corrected chi connectivity index (χ3v) is 4.62. The molecule has 0 aliphatic rings. The largest absolute Gasteiger partial charge is 0.0654 e. The van der Waals surface area contributed by atoms with E-state index < -0.39 is 0 Å². The fourth-order valence-electron chi connectivity index (χ4n) is 3.30. The molecule has 125 valence electrons. The molecule has 0 heterocycles. The third kappa shape index (κ3) is 7.47. The maximum atomic E-state index is 3.56. The lowest BCUT2D eigenvalue weighted by atomic mass is 9.91. The zero-order chi connectivity index (χ0) is 16.0. The summed E-state index contributed by atoms with van der Waals surface area (Å²) in [6.45, 7) is 6.87. The van der Waals surface area contributed by atoms with Gasteiger partial charge in [-0.15, -0.1) is 0 Å². The quantitative estimate of drug-likeness (QED) is 0.342. The molecule has 0 unspecified atom stereocenters. The van der Waals surface area contributed by atoms with Crippen molar-refractivity contribution in [3.8, 4) is 0 Å². The first-order chi connectivity index (χ1) is 10.8. The van der Waals surface area contributed by atoms with Gasteiger partial charge in [0.2, 0.25) is 0 Å². The summed E-state index contributed by atoms with van der Waals surface area (Å²) in [6, 6.07) is 8.05. The SMILES string of the molecule is CCCCCCCCc1[c]ccc(CCC)c1CCCCC. The molecule has 1 aromatic carbocycles. The second-order valence-electron chi connectivity index (χ2n) is 6.68. The zero-order valence-corrected chi connectivity index (χ0v) is 15.3. The summed E-state index contributed by atoms with van der Waals surface area (Å²) < 4.78 is 0. The van der Waals surface area contributed by atoms with Gasteiger partial charge >= 0.3 is 0 Å². The van der Waals surface area contributed by atoms with Crippen molar-refractivity contribution >= 4 is 0 Å². The van der Waals surface area contributed by atoms with E-state index in [4.69, 9.17) is 0 Å². The van der Waals surface area contributed by atoms with Crippen molar-refractivity contribution in [2.45, 2.75) is 104 Å². The van der Waals surface area contributed by atoms with E-state index in [1.165, 1.54) is 89.0 Å². The number of benzene rings is 1. The van der Waals surface area contributed by atoms with Crippen molar-refractivity contribution in [2.75, 3.05) is 0 Å². The predicted octanol–water partition coefficient (Wildman–Crippen LogP) is 7.07. The van der Waals surface area contributed by atoms with E-state index in [1.54, 1.807) is 11.1 Å². The lowest BCUT2D eigenvalue weighted by molar-refractivity contribution is 0.605. The zero-order valence-electron chi connectivity index (χ0n) is 15.3. The maximum absolute atomic E-state index is 3.56. The van der Waals surface area contributed by atoms with Gasteiger partial charge in [0.1, 0.15) is 0 Å². The standard InChI is InChI=1S/C22H37/c1-4-7-9-10-11-13-16-21-18-14-17-20(15-6-3)22(21)19-12-8-5-2/h14,17H,4-13,15-16,19H2,1-3H3. The minimum atomic E-state index is 1.24. The molecule has 0 nitrogen and oxygen atoms in total. The van der Waals surface area contributed by atoms with Crippen molar-refractivity contribution in [3.05, 3.63) is 34.9 Å². The molecule has 1 aromatic rings. The van der Waals surface area contributed by atoms with Crippen LogP contribution in [0.25, 0.3) is 0 Å². The van der Waals surface area contributed by atoms with Gasteiger partial charge in [-0.2, -0.15) is 0 Å². The Morgan fingerprint density at radius 3 is 2.05 bits per heavy atom. The number of aryl methyl sites for hydroxylation is 2. The molecule has 22 heavy (non-hydrogen) atoms. The molecule has 0 aliphatic carbocycles. The third-order valence-electron chi connectivity index (χ3n) is 4.62. The Morgan fingerprint density at radius 2 is 1.32 bits per heavy atom. The van der Waals surface area contributed by atoms with Crippen LogP contribution in [0, 0.1) is 6.07 Å². The van der Waals surface area contributed by atoms with Crippen molar-refractivity contribution in [2.24, 2.45) is 0 Å². The lowest BCUT2D eigenvalue weighted by Gasteiger charge is -2.14. The summed E-state index contributed by atoms with van der Waals surface area (Å²) in [7, 11) is 0. The van der Waals surface area contributed by atoms with Crippen molar-refractivity contribution < 1.29 is 0 Å². The van der Waals surface area contributed by atoms with E-state index in [-0.39, 0.29) is 0 Å². The Kier molecular flexibility index (Phi) is 11.2. The van der Waals surface area contributed by atoms with Crippen molar-refractivity contribution in [3.63, 3.8) is 0 Å². The van der Waals surface area contributed by atoms with Crippen LogP contribution in [0.1, 0.15) is 102 Å². The van der Waals surface area contributed by atoms with E-state index >= 15 is 0 Å². The van der Waals surface area contributed by atoms with E-state index in [2.05, 4.69) is 39.0 Å². The molecule has 0 aromatic heterocycles. The van der Waals surface area contributed by atoms with E-state index in [0.717, 1.165) is 0 Å². The van der Waals surface area contributed by atoms with Crippen molar-refractivity contribution in [1.82, 2.24) is 0 Å². The van der Waals surface area contributed by atoms with Crippen LogP contribution < -0.4 is 0 Å². The van der Waals surface area contributed by atoms with Crippen LogP contribution in [-0.2, 0) is 19.3 Å². The van der Waals surface area contributed by atoms with Gasteiger partial charge in [0.15, 0.2) is 0 Å². The van der Waals surface area contributed by atoms with Crippen LogP contribution in [0.15, 0.2) is 12.1 Å². The Morgan fingerprint density at radius 1 is 0.682 bits per heavy atom. The molecule has 0 saturated carbocycles. The normalized spacial score (nSPS) is 11.0. The lowest BCUT2D eigenvalue weighted by Crippen LogP contribution is -2.01. The number of hydrogen-bond acceptors (Lipinski definition) is 0. The minimum absolute atomic E-state index is 1.24. The maximum Gasteiger partial charge on any atom is -0.0146 e. The first-order valence-electron chi connectivity index (χ1n) is 9.84. The molecule has 0 saturated heterocycles. The number of rotatable bonds is 13. The summed E-state index contributed by atoms with van der Waals surface area (Å²) in [5.74, 6) is 0. The van der Waals surface area contributed by atoms with Gasteiger partial charge in [0, 0.05) is 0 Å². The molecule has 0 atom stereocenters. The van der Waals surface area contributed by atoms with Gasteiger partial charge in [-0.1, -0.05) is 84.3 Å². The number of hydrogen-bond donors (Lipinski definition) is 0. The van der Waals surface area contributed by atoms with Crippen LogP contribution in [0.3, 0.4) is 0 Å². The Balaban J connectivity index is 2.56. The molecule has 0 bridgehead atoms. The molecular formula is C22H37. The molecule has 0 N–H and O–H groups in total. The number of unbranched alkanes of at least 4 members (excludes halogenated alkanes) is 7. The molecule has 0 amide bonds. The molecule has 1 rings (SSSR count). The summed E-state index contributed by atoms with van der Waals surface area (Å²) in [5, 5.41) is 0. The summed E-state index contributed by atoms with van der Waals surface area (Å²) in [6.07, 6.45) is 17.3. The highest BCUT2D eigenvalue weighted by atomic mass is 14.1. The smallest absolute Gasteiger partial charge is 0.0146 e. The summed E-state index contributed by atoms with van der Waals surface area (Å²) in [5.41, 5.74) is 4.77. The molecular weight excluding hydrogens is 264 g/mol. The van der Waals surface area contributed by atoms with Gasteiger partial charge in [-0.3, -0.25) is 0 Å². The molecule has 0 spiro atoms. The highest BCUT2D eigenvalue weighted by Crippen LogP contribution is 2.21. The Labute approximate surface area is 139 Å². The second-order valence-corrected chi connectivity index (χ2v) is 6.68. The van der Waals surface area contributed by atoms with Gasteiger partial charge in [-0.25, -0.2) is 0 Å². The van der Waals surface area contributed by atoms with Crippen molar-refractivity contribution in [1.29, 1.82) is 0 Å². The van der Waals surface area contributed by atoms with E-state index in [0.29, 0.717) is 0 Å². The predicted molar refractivity (Wildman–Crippen MR) is 99.6 cm³/mol. The van der Waals surface area contributed by atoms with Crippen LogP contribution >= 0.6 is 0 Å². The summed E-state index contributed by atoms with van der Waals surface area (Å²) in [4.78, 5) is 0. The fourth-order valence-corrected chi connectivity index (χ4v) is 3.30. The van der Waals surface area contributed by atoms with Crippen LogP contribution in [-0.4, -0.2) is 0 Å². The second kappa shape index (κ2) is 12.7. The monoisotopic (exact) mass is 301 g/mol. The van der Waals surface area contributed by atoms with Crippen LogP contribution in [0.2, 0.25) is 0 Å². The topological polar surface area (TPSA) is 0 Å².